The number of fused-ring (bicyclic) bond motifs is 1. The van der Waals surface area contributed by atoms with Crippen molar-refractivity contribution in [3.63, 3.8) is 0 Å². The lowest BCUT2D eigenvalue weighted by atomic mass is 9.86. The van der Waals surface area contributed by atoms with Gasteiger partial charge in [-0.15, -0.1) is 0 Å². The minimum Gasteiger partial charge on any atom is -0.508 e. The highest BCUT2D eigenvalue weighted by Gasteiger charge is 2.29. The molecule has 1 heterocycles. The maximum absolute atomic E-state index is 9.90. The van der Waals surface area contributed by atoms with Crippen LogP contribution in [0.25, 0.3) is 11.1 Å². The molecule has 0 aromatic heterocycles. The van der Waals surface area contributed by atoms with E-state index >= 15 is 0 Å². The number of benzene rings is 3. The number of allylic oxidation sites excluding steroid dienone is 1. The van der Waals surface area contributed by atoms with Crippen molar-refractivity contribution in [3.8, 4) is 17.6 Å². The summed E-state index contributed by atoms with van der Waals surface area (Å²) < 4.78 is 6.33. The standard InChI is InChI=1S/C23H17NO2/c1-15-20-13-19(25)11-12-21(20)26-23(18-5-3-2-4-6-18)22(15)17-9-7-16(14-24)8-10-17/h2-13,23,25H,1H3. The Morgan fingerprint density at radius 1 is 0.962 bits per heavy atom. The fourth-order valence-electron chi connectivity index (χ4n) is 3.40. The van der Waals surface area contributed by atoms with E-state index in [1.807, 2.05) is 61.5 Å². The third kappa shape index (κ3) is 2.72. The second-order valence-corrected chi connectivity index (χ2v) is 6.32. The molecule has 0 radical (unpaired) electrons. The molecular formula is C23H17NO2. The van der Waals surface area contributed by atoms with E-state index in [1.54, 1.807) is 18.2 Å². The SMILES string of the molecule is CC1=C(c2ccc(C#N)cc2)C(c2ccccc2)Oc2ccc(O)cc21. The summed E-state index contributed by atoms with van der Waals surface area (Å²) in [5.74, 6) is 0.968. The molecule has 0 fully saturated rings. The van der Waals surface area contributed by atoms with Crippen LogP contribution in [0.1, 0.15) is 35.3 Å². The Morgan fingerprint density at radius 3 is 2.38 bits per heavy atom. The zero-order valence-electron chi connectivity index (χ0n) is 14.3. The van der Waals surface area contributed by atoms with Crippen LogP contribution in [0.4, 0.5) is 0 Å². The minimum absolute atomic E-state index is 0.212. The number of hydrogen-bond donors (Lipinski definition) is 1. The van der Waals surface area contributed by atoms with E-state index in [0.717, 1.165) is 33.6 Å². The first-order chi connectivity index (χ1) is 12.7. The van der Waals surface area contributed by atoms with Gasteiger partial charge in [-0.2, -0.15) is 5.26 Å². The summed E-state index contributed by atoms with van der Waals surface area (Å²) in [5.41, 5.74) is 5.67. The van der Waals surface area contributed by atoms with Gasteiger partial charge in [-0.05, 0) is 54.0 Å². The van der Waals surface area contributed by atoms with Gasteiger partial charge < -0.3 is 9.84 Å². The van der Waals surface area contributed by atoms with Gasteiger partial charge in [0.15, 0.2) is 0 Å². The van der Waals surface area contributed by atoms with Gasteiger partial charge in [0, 0.05) is 11.1 Å². The third-order valence-corrected chi connectivity index (χ3v) is 4.71. The summed E-state index contributed by atoms with van der Waals surface area (Å²) in [6.45, 7) is 2.05. The molecule has 0 saturated heterocycles. The molecule has 1 aliphatic heterocycles. The number of phenolic OH excluding ortho intramolecular Hbond substituents is 1. The first-order valence-corrected chi connectivity index (χ1v) is 8.43. The Kier molecular flexibility index (Phi) is 3.95. The van der Waals surface area contributed by atoms with Crippen molar-refractivity contribution >= 4 is 11.1 Å². The molecule has 1 N–H and O–H groups in total. The van der Waals surface area contributed by atoms with Gasteiger partial charge in [0.2, 0.25) is 0 Å². The topological polar surface area (TPSA) is 53.2 Å². The van der Waals surface area contributed by atoms with E-state index in [4.69, 9.17) is 10.00 Å². The van der Waals surface area contributed by atoms with Crippen LogP contribution < -0.4 is 4.74 Å². The number of ether oxygens (including phenoxy) is 1. The van der Waals surface area contributed by atoms with Crippen molar-refractivity contribution < 1.29 is 9.84 Å². The molecule has 0 amide bonds. The van der Waals surface area contributed by atoms with Crippen LogP contribution in [0.3, 0.4) is 0 Å². The third-order valence-electron chi connectivity index (χ3n) is 4.71. The Balaban J connectivity index is 1.93. The highest BCUT2D eigenvalue weighted by molar-refractivity contribution is 5.95. The van der Waals surface area contributed by atoms with Gasteiger partial charge in [0.25, 0.3) is 0 Å². The number of nitriles is 1. The van der Waals surface area contributed by atoms with Gasteiger partial charge in [0.1, 0.15) is 17.6 Å². The molecule has 4 rings (SSSR count). The van der Waals surface area contributed by atoms with Crippen LogP contribution in [0, 0.1) is 11.3 Å². The summed E-state index contributed by atoms with van der Waals surface area (Å²) >= 11 is 0. The Labute approximate surface area is 152 Å². The van der Waals surface area contributed by atoms with E-state index in [9.17, 15) is 5.11 Å². The van der Waals surface area contributed by atoms with Crippen LogP contribution >= 0.6 is 0 Å². The predicted molar refractivity (Wildman–Crippen MR) is 102 cm³/mol. The average molecular weight is 339 g/mol. The summed E-state index contributed by atoms with van der Waals surface area (Å²) in [6, 6.07) is 24.9. The molecule has 1 atom stereocenters. The van der Waals surface area contributed by atoms with Crippen LogP contribution in [-0.4, -0.2) is 5.11 Å². The molecule has 3 aromatic carbocycles. The lowest BCUT2D eigenvalue weighted by molar-refractivity contribution is 0.259. The Bertz CT molecular complexity index is 1030. The highest BCUT2D eigenvalue weighted by Crippen LogP contribution is 2.47. The van der Waals surface area contributed by atoms with E-state index < -0.39 is 0 Å². The van der Waals surface area contributed by atoms with E-state index in [2.05, 4.69) is 6.07 Å². The van der Waals surface area contributed by atoms with Crippen LogP contribution in [0.5, 0.6) is 11.5 Å². The number of aromatic hydroxyl groups is 1. The monoisotopic (exact) mass is 339 g/mol. The second-order valence-electron chi connectivity index (χ2n) is 6.32. The smallest absolute Gasteiger partial charge is 0.150 e. The molecule has 3 nitrogen and oxygen atoms in total. The van der Waals surface area contributed by atoms with Gasteiger partial charge >= 0.3 is 0 Å². The van der Waals surface area contributed by atoms with Gasteiger partial charge in [-0.25, -0.2) is 0 Å². The van der Waals surface area contributed by atoms with Crippen LogP contribution in [0.15, 0.2) is 72.8 Å². The van der Waals surface area contributed by atoms with E-state index in [0.29, 0.717) is 5.56 Å². The zero-order valence-corrected chi connectivity index (χ0v) is 14.3. The van der Waals surface area contributed by atoms with Crippen molar-refractivity contribution in [2.45, 2.75) is 13.0 Å². The van der Waals surface area contributed by atoms with Crippen LogP contribution in [-0.2, 0) is 0 Å². The first kappa shape index (κ1) is 16.0. The zero-order chi connectivity index (χ0) is 18.1. The van der Waals surface area contributed by atoms with Gasteiger partial charge in [-0.1, -0.05) is 42.5 Å². The van der Waals surface area contributed by atoms with E-state index in [1.165, 1.54) is 0 Å². The Hall–Kier alpha value is -3.51. The van der Waals surface area contributed by atoms with Crippen molar-refractivity contribution in [2.24, 2.45) is 0 Å². The van der Waals surface area contributed by atoms with Gasteiger partial charge in [0.05, 0.1) is 11.6 Å². The molecule has 126 valence electrons. The summed E-state index contributed by atoms with van der Waals surface area (Å²) in [6.07, 6.45) is -0.249. The quantitative estimate of drug-likeness (QED) is 0.687. The number of rotatable bonds is 2. The predicted octanol–water partition coefficient (Wildman–Crippen LogP) is 5.33. The second kappa shape index (κ2) is 6.42. The summed E-state index contributed by atoms with van der Waals surface area (Å²) in [4.78, 5) is 0. The molecule has 0 spiro atoms. The van der Waals surface area contributed by atoms with Crippen molar-refractivity contribution in [1.29, 1.82) is 5.26 Å². The molecule has 3 aromatic rings. The molecular weight excluding hydrogens is 322 g/mol. The highest BCUT2D eigenvalue weighted by atomic mass is 16.5. The fourth-order valence-corrected chi connectivity index (χ4v) is 3.40. The number of hydrogen-bond acceptors (Lipinski definition) is 3. The van der Waals surface area contributed by atoms with Crippen molar-refractivity contribution in [2.75, 3.05) is 0 Å². The molecule has 1 unspecified atom stereocenters. The first-order valence-electron chi connectivity index (χ1n) is 8.43. The molecule has 0 aliphatic carbocycles. The lowest BCUT2D eigenvalue weighted by Gasteiger charge is -2.31. The Morgan fingerprint density at radius 2 is 1.69 bits per heavy atom. The number of phenols is 1. The van der Waals surface area contributed by atoms with E-state index in [-0.39, 0.29) is 11.9 Å². The summed E-state index contributed by atoms with van der Waals surface area (Å²) in [5, 5.41) is 19.0. The van der Waals surface area contributed by atoms with Crippen molar-refractivity contribution in [3.05, 3.63) is 95.1 Å². The molecule has 1 aliphatic rings. The summed E-state index contributed by atoms with van der Waals surface area (Å²) in [7, 11) is 0. The molecule has 0 bridgehead atoms. The van der Waals surface area contributed by atoms with Crippen molar-refractivity contribution in [1.82, 2.24) is 0 Å². The molecule has 26 heavy (non-hydrogen) atoms. The van der Waals surface area contributed by atoms with Gasteiger partial charge in [-0.3, -0.25) is 0 Å². The number of nitrogens with zero attached hydrogens (tertiary/aromatic N) is 1. The maximum Gasteiger partial charge on any atom is 0.150 e. The minimum atomic E-state index is -0.249. The molecule has 3 heteroatoms. The fraction of sp³-hybridized carbons (Fsp3) is 0.0870. The normalized spacial score (nSPS) is 15.8. The molecule has 0 saturated carbocycles. The maximum atomic E-state index is 9.90. The van der Waals surface area contributed by atoms with Crippen LogP contribution in [0.2, 0.25) is 0 Å². The lowest BCUT2D eigenvalue weighted by Crippen LogP contribution is -2.16. The largest absolute Gasteiger partial charge is 0.508 e. The average Bonchev–Trinajstić information content (AvgIpc) is 2.69.